The first kappa shape index (κ1) is 13.9. The molecule has 0 aromatic heterocycles. The fraction of sp³-hybridized carbons (Fsp3) is 0.533. The average molecular weight is 261 g/mol. The van der Waals surface area contributed by atoms with Crippen LogP contribution >= 0.6 is 0 Å². The monoisotopic (exact) mass is 261 g/mol. The molecule has 0 spiro atoms. The van der Waals surface area contributed by atoms with Gasteiger partial charge in [0.25, 0.3) is 0 Å². The van der Waals surface area contributed by atoms with E-state index >= 15 is 0 Å². The fourth-order valence-electron chi connectivity index (χ4n) is 2.88. The quantitative estimate of drug-likeness (QED) is 0.330. The van der Waals surface area contributed by atoms with Gasteiger partial charge in [0.05, 0.1) is 0 Å². The van der Waals surface area contributed by atoms with Crippen molar-refractivity contribution < 1.29 is 5.21 Å². The molecule has 4 nitrogen and oxygen atoms in total. The van der Waals surface area contributed by atoms with Crippen molar-refractivity contribution in [2.75, 3.05) is 6.54 Å². The van der Waals surface area contributed by atoms with E-state index in [9.17, 15) is 0 Å². The summed E-state index contributed by atoms with van der Waals surface area (Å²) in [5, 5.41) is 15.4. The first-order valence-electron chi connectivity index (χ1n) is 6.91. The van der Waals surface area contributed by atoms with Crippen molar-refractivity contribution in [2.45, 2.75) is 39.2 Å². The standard InChI is InChI=1S/C15H23N3O/c1-15(8-4-5-9-15)11-17-10-12-6-2-3-7-13(12)14(16)18-19/h2-3,6-7,17,19H,4-5,8-11H2,1H3,(H2,16,18). The molecule has 0 atom stereocenters. The van der Waals surface area contributed by atoms with Crippen LogP contribution in [0.1, 0.15) is 43.7 Å². The van der Waals surface area contributed by atoms with E-state index in [0.29, 0.717) is 5.41 Å². The molecule has 1 aliphatic carbocycles. The van der Waals surface area contributed by atoms with Crippen molar-refractivity contribution in [1.82, 2.24) is 5.32 Å². The van der Waals surface area contributed by atoms with Crippen LogP contribution < -0.4 is 11.1 Å². The minimum Gasteiger partial charge on any atom is -0.409 e. The number of nitrogens with two attached hydrogens (primary N) is 1. The maximum absolute atomic E-state index is 8.79. The zero-order chi connectivity index (χ0) is 13.7. The third-order valence-electron chi connectivity index (χ3n) is 4.08. The molecule has 1 fully saturated rings. The van der Waals surface area contributed by atoms with Crippen LogP contribution in [0, 0.1) is 5.41 Å². The molecule has 1 saturated carbocycles. The summed E-state index contributed by atoms with van der Waals surface area (Å²) in [6.45, 7) is 4.13. The number of oxime groups is 1. The Morgan fingerprint density at radius 3 is 2.74 bits per heavy atom. The fourth-order valence-corrected chi connectivity index (χ4v) is 2.88. The Morgan fingerprint density at radius 2 is 2.05 bits per heavy atom. The van der Waals surface area contributed by atoms with Gasteiger partial charge >= 0.3 is 0 Å². The molecule has 1 aliphatic rings. The van der Waals surface area contributed by atoms with Gasteiger partial charge in [0, 0.05) is 18.7 Å². The largest absolute Gasteiger partial charge is 0.409 e. The number of rotatable bonds is 5. The zero-order valence-corrected chi connectivity index (χ0v) is 11.5. The predicted molar refractivity (Wildman–Crippen MR) is 77.2 cm³/mol. The van der Waals surface area contributed by atoms with Crippen molar-refractivity contribution in [3.05, 3.63) is 35.4 Å². The summed E-state index contributed by atoms with van der Waals surface area (Å²) in [7, 11) is 0. The van der Waals surface area contributed by atoms with Gasteiger partial charge in [0.15, 0.2) is 5.84 Å². The van der Waals surface area contributed by atoms with Gasteiger partial charge in [0.1, 0.15) is 0 Å². The van der Waals surface area contributed by atoms with Crippen LogP contribution in [-0.2, 0) is 6.54 Å². The van der Waals surface area contributed by atoms with E-state index in [-0.39, 0.29) is 5.84 Å². The van der Waals surface area contributed by atoms with Crippen molar-refractivity contribution in [3.8, 4) is 0 Å². The molecule has 1 aromatic rings. The van der Waals surface area contributed by atoms with Gasteiger partial charge in [0.2, 0.25) is 0 Å². The maximum atomic E-state index is 8.79. The molecule has 0 amide bonds. The lowest BCUT2D eigenvalue weighted by molar-refractivity contribution is 0.314. The Morgan fingerprint density at radius 1 is 1.37 bits per heavy atom. The first-order chi connectivity index (χ1) is 9.14. The van der Waals surface area contributed by atoms with Gasteiger partial charge in [-0.2, -0.15) is 0 Å². The van der Waals surface area contributed by atoms with Gasteiger partial charge in [-0.25, -0.2) is 0 Å². The molecule has 2 rings (SSSR count). The Kier molecular flexibility index (Phi) is 4.43. The molecule has 4 N–H and O–H groups in total. The summed E-state index contributed by atoms with van der Waals surface area (Å²) in [6.07, 6.45) is 5.31. The van der Waals surface area contributed by atoms with E-state index in [0.717, 1.165) is 24.2 Å². The van der Waals surface area contributed by atoms with E-state index in [1.807, 2.05) is 24.3 Å². The highest BCUT2D eigenvalue weighted by Crippen LogP contribution is 2.36. The van der Waals surface area contributed by atoms with Crippen molar-refractivity contribution >= 4 is 5.84 Å². The number of nitrogens with zero attached hydrogens (tertiary/aromatic N) is 1. The number of nitrogens with one attached hydrogen (secondary N) is 1. The third kappa shape index (κ3) is 3.47. The normalized spacial score (nSPS) is 18.7. The van der Waals surface area contributed by atoms with E-state index in [4.69, 9.17) is 10.9 Å². The summed E-state index contributed by atoms with van der Waals surface area (Å²) < 4.78 is 0. The van der Waals surface area contributed by atoms with Gasteiger partial charge in [-0.3, -0.25) is 0 Å². The molecular weight excluding hydrogens is 238 g/mol. The molecule has 1 aromatic carbocycles. The summed E-state index contributed by atoms with van der Waals surface area (Å²) in [5.41, 5.74) is 7.99. The highest BCUT2D eigenvalue weighted by molar-refractivity contribution is 5.98. The van der Waals surface area contributed by atoms with Crippen LogP contribution in [0.5, 0.6) is 0 Å². The number of amidine groups is 1. The van der Waals surface area contributed by atoms with Crippen LogP contribution in [0.4, 0.5) is 0 Å². The second-order valence-corrected chi connectivity index (χ2v) is 5.76. The number of hydrogen-bond donors (Lipinski definition) is 3. The van der Waals surface area contributed by atoms with Crippen molar-refractivity contribution in [3.63, 3.8) is 0 Å². The highest BCUT2D eigenvalue weighted by atomic mass is 16.4. The zero-order valence-electron chi connectivity index (χ0n) is 11.5. The SMILES string of the molecule is CC1(CNCc2ccccc2C(N)=NO)CCCC1. The summed E-state index contributed by atoms with van der Waals surface area (Å²) >= 11 is 0. The molecule has 104 valence electrons. The topological polar surface area (TPSA) is 70.6 Å². The molecule has 4 heteroatoms. The van der Waals surface area contributed by atoms with Crippen LogP contribution in [0.25, 0.3) is 0 Å². The van der Waals surface area contributed by atoms with Crippen molar-refractivity contribution in [2.24, 2.45) is 16.3 Å². The minimum atomic E-state index is 0.171. The van der Waals surface area contributed by atoms with E-state index in [2.05, 4.69) is 17.4 Å². The van der Waals surface area contributed by atoms with Gasteiger partial charge < -0.3 is 16.3 Å². The number of benzene rings is 1. The molecule has 19 heavy (non-hydrogen) atoms. The summed E-state index contributed by atoms with van der Waals surface area (Å²) in [6, 6.07) is 7.76. The lowest BCUT2D eigenvalue weighted by Gasteiger charge is -2.24. The highest BCUT2D eigenvalue weighted by Gasteiger charge is 2.27. The van der Waals surface area contributed by atoms with Gasteiger partial charge in [-0.05, 0) is 23.8 Å². The molecule has 0 heterocycles. The lowest BCUT2D eigenvalue weighted by Crippen LogP contribution is -2.30. The summed E-state index contributed by atoms with van der Waals surface area (Å²) in [4.78, 5) is 0. The second-order valence-electron chi connectivity index (χ2n) is 5.76. The van der Waals surface area contributed by atoms with Crippen LogP contribution in [0.2, 0.25) is 0 Å². The van der Waals surface area contributed by atoms with E-state index < -0.39 is 0 Å². The van der Waals surface area contributed by atoms with Crippen molar-refractivity contribution in [1.29, 1.82) is 0 Å². The Balaban J connectivity index is 1.96. The van der Waals surface area contributed by atoms with Gasteiger partial charge in [-0.1, -0.05) is 49.2 Å². The molecule has 0 unspecified atom stereocenters. The maximum Gasteiger partial charge on any atom is 0.170 e. The number of hydrogen-bond acceptors (Lipinski definition) is 3. The second kappa shape index (κ2) is 6.06. The Bertz CT molecular complexity index is 450. The van der Waals surface area contributed by atoms with E-state index in [1.165, 1.54) is 25.7 Å². The smallest absolute Gasteiger partial charge is 0.170 e. The van der Waals surface area contributed by atoms with Crippen LogP contribution in [-0.4, -0.2) is 17.6 Å². The minimum absolute atomic E-state index is 0.171. The van der Waals surface area contributed by atoms with Gasteiger partial charge in [-0.15, -0.1) is 0 Å². The summed E-state index contributed by atoms with van der Waals surface area (Å²) in [5.74, 6) is 0.171. The Hall–Kier alpha value is -1.55. The van der Waals surface area contributed by atoms with Crippen LogP contribution in [0.3, 0.4) is 0 Å². The predicted octanol–water partition coefficient (Wildman–Crippen LogP) is 2.45. The average Bonchev–Trinajstić information content (AvgIpc) is 2.85. The first-order valence-corrected chi connectivity index (χ1v) is 6.91. The lowest BCUT2D eigenvalue weighted by atomic mass is 9.89. The molecule has 0 aliphatic heterocycles. The molecule has 0 bridgehead atoms. The Labute approximate surface area is 114 Å². The molecular formula is C15H23N3O. The third-order valence-corrected chi connectivity index (χ3v) is 4.08. The molecule has 0 radical (unpaired) electrons. The van der Waals surface area contributed by atoms with E-state index in [1.54, 1.807) is 0 Å². The van der Waals surface area contributed by atoms with Crippen LogP contribution in [0.15, 0.2) is 29.4 Å². The molecule has 0 saturated heterocycles.